The number of ether oxygens (including phenoxy) is 1. The molecular formula is C19H25N5O4S. The molecule has 0 bridgehead atoms. The third-order valence-corrected chi connectivity index (χ3v) is 6.31. The van der Waals surface area contributed by atoms with Crippen molar-refractivity contribution in [3.05, 3.63) is 35.5 Å². The number of fused-ring (bicyclic) bond motifs is 1. The molecule has 2 aliphatic rings. The first-order valence-corrected chi connectivity index (χ1v) is 11.4. The molecule has 1 unspecified atom stereocenters. The Morgan fingerprint density at radius 3 is 2.90 bits per heavy atom. The summed E-state index contributed by atoms with van der Waals surface area (Å²) in [6.45, 7) is 3.79. The zero-order valence-corrected chi connectivity index (χ0v) is 17.2. The summed E-state index contributed by atoms with van der Waals surface area (Å²) in [6, 6.07) is 7.37. The number of aromatic amines is 1. The van der Waals surface area contributed by atoms with Gasteiger partial charge in [0.1, 0.15) is 6.10 Å². The van der Waals surface area contributed by atoms with Gasteiger partial charge < -0.3 is 15.4 Å². The third-order valence-electron chi connectivity index (χ3n) is 5.09. The van der Waals surface area contributed by atoms with Crippen LogP contribution in [0.3, 0.4) is 0 Å². The molecule has 0 spiro atoms. The molecule has 9 nitrogen and oxygen atoms in total. The summed E-state index contributed by atoms with van der Waals surface area (Å²) < 4.78 is 31.3. The van der Waals surface area contributed by atoms with Crippen molar-refractivity contribution in [3.8, 4) is 0 Å². The average molecular weight is 420 g/mol. The van der Waals surface area contributed by atoms with Gasteiger partial charge in [-0.2, -0.15) is 5.10 Å². The first-order chi connectivity index (χ1) is 13.8. The number of sulfonamides is 1. The summed E-state index contributed by atoms with van der Waals surface area (Å²) in [6.07, 6.45) is 2.04. The molecular weight excluding hydrogens is 394 g/mol. The van der Waals surface area contributed by atoms with Gasteiger partial charge in [-0.25, -0.2) is 13.2 Å². The van der Waals surface area contributed by atoms with Crippen LogP contribution < -0.4 is 15.4 Å². The van der Waals surface area contributed by atoms with Crippen molar-refractivity contribution >= 4 is 33.3 Å². The zero-order valence-electron chi connectivity index (χ0n) is 16.4. The molecule has 1 fully saturated rings. The molecule has 1 aliphatic heterocycles. The second-order valence-corrected chi connectivity index (χ2v) is 9.63. The second-order valence-electron chi connectivity index (χ2n) is 7.90. The lowest BCUT2D eigenvalue weighted by molar-refractivity contribution is 0.0981. The maximum absolute atomic E-state index is 11.8. The normalized spacial score (nSPS) is 22.2. The number of amides is 1. The Bertz CT molecular complexity index is 1020. The van der Waals surface area contributed by atoms with E-state index in [1.807, 2.05) is 32.0 Å². The van der Waals surface area contributed by atoms with Crippen molar-refractivity contribution in [2.45, 2.75) is 56.9 Å². The number of hydrogen-bond donors (Lipinski definition) is 4. The van der Waals surface area contributed by atoms with Crippen LogP contribution in [0.15, 0.2) is 24.3 Å². The molecule has 2 atom stereocenters. The fourth-order valence-corrected chi connectivity index (χ4v) is 5.06. The minimum Gasteiger partial charge on any atom is -0.446 e. The van der Waals surface area contributed by atoms with Gasteiger partial charge in [0, 0.05) is 29.4 Å². The Hall–Kier alpha value is -2.75. The van der Waals surface area contributed by atoms with Gasteiger partial charge in [-0.05, 0) is 56.9 Å². The van der Waals surface area contributed by atoms with Crippen LogP contribution in [0.5, 0.6) is 0 Å². The molecule has 0 saturated heterocycles. The number of carbonyl (C=O) groups excluding carboxylic acids is 1. The highest BCUT2D eigenvalue weighted by molar-refractivity contribution is 7.92. The van der Waals surface area contributed by atoms with Crippen molar-refractivity contribution in [2.24, 2.45) is 0 Å². The van der Waals surface area contributed by atoms with E-state index in [-0.39, 0.29) is 29.9 Å². The maximum Gasteiger partial charge on any atom is 0.407 e. The van der Waals surface area contributed by atoms with E-state index in [0.29, 0.717) is 11.5 Å². The highest BCUT2D eigenvalue weighted by Crippen LogP contribution is 2.36. The quantitative estimate of drug-likeness (QED) is 0.590. The second kappa shape index (κ2) is 7.58. The minimum absolute atomic E-state index is 0.0164. The molecule has 0 radical (unpaired) electrons. The lowest BCUT2D eigenvalue weighted by Gasteiger charge is -2.14. The van der Waals surface area contributed by atoms with E-state index in [1.165, 1.54) is 0 Å². The molecule has 1 aromatic heterocycles. The molecule has 4 N–H and O–H groups in total. The summed E-state index contributed by atoms with van der Waals surface area (Å²) in [5.41, 5.74) is 3.13. The Labute approximate surface area is 169 Å². The number of rotatable bonds is 5. The van der Waals surface area contributed by atoms with Gasteiger partial charge in [-0.3, -0.25) is 9.82 Å². The predicted octanol–water partition coefficient (Wildman–Crippen LogP) is 3.18. The van der Waals surface area contributed by atoms with Gasteiger partial charge in [-0.15, -0.1) is 0 Å². The molecule has 29 heavy (non-hydrogen) atoms. The molecule has 2 heterocycles. The maximum atomic E-state index is 11.8. The van der Waals surface area contributed by atoms with Gasteiger partial charge in [0.05, 0.1) is 11.4 Å². The molecule has 156 valence electrons. The van der Waals surface area contributed by atoms with E-state index in [2.05, 4.69) is 25.6 Å². The first-order valence-electron chi connectivity index (χ1n) is 9.70. The minimum atomic E-state index is -3.26. The molecule has 1 amide bonds. The van der Waals surface area contributed by atoms with Gasteiger partial charge in [0.25, 0.3) is 0 Å². The van der Waals surface area contributed by atoms with Crippen molar-refractivity contribution in [1.82, 2.24) is 15.5 Å². The number of carbonyl (C=O) groups is 1. The third kappa shape index (κ3) is 4.64. The van der Waals surface area contributed by atoms with Crippen LogP contribution in [-0.4, -0.2) is 36.9 Å². The number of nitrogens with zero attached hydrogens (tertiary/aromatic N) is 1. The van der Waals surface area contributed by atoms with Crippen LogP contribution >= 0.6 is 0 Å². The lowest BCUT2D eigenvalue weighted by atomic mass is 10.0. The van der Waals surface area contributed by atoms with Gasteiger partial charge >= 0.3 is 6.09 Å². The van der Waals surface area contributed by atoms with Gasteiger partial charge in [0.2, 0.25) is 10.0 Å². The summed E-state index contributed by atoms with van der Waals surface area (Å²) in [5.74, 6) is 0.900. The van der Waals surface area contributed by atoms with Crippen LogP contribution in [0.25, 0.3) is 0 Å². The topological polar surface area (TPSA) is 125 Å². The Balaban J connectivity index is 1.36. The number of benzene rings is 1. The Morgan fingerprint density at radius 1 is 1.28 bits per heavy atom. The number of hydrogen-bond acceptors (Lipinski definition) is 6. The summed E-state index contributed by atoms with van der Waals surface area (Å²) in [7, 11) is -3.26. The van der Waals surface area contributed by atoms with E-state index in [1.54, 1.807) is 6.07 Å². The van der Waals surface area contributed by atoms with E-state index in [0.717, 1.165) is 36.2 Å². The lowest BCUT2D eigenvalue weighted by Crippen LogP contribution is -2.33. The first kappa shape index (κ1) is 19.6. The van der Waals surface area contributed by atoms with Gasteiger partial charge in [0.15, 0.2) is 5.82 Å². The Morgan fingerprint density at radius 2 is 2.10 bits per heavy atom. The molecule has 4 rings (SSSR count). The summed E-state index contributed by atoms with van der Waals surface area (Å²) >= 11 is 0. The van der Waals surface area contributed by atoms with Gasteiger partial charge in [-0.1, -0.05) is 0 Å². The van der Waals surface area contributed by atoms with Crippen LogP contribution in [0.2, 0.25) is 0 Å². The number of aromatic nitrogens is 2. The fourth-order valence-electron chi connectivity index (χ4n) is 3.81. The predicted molar refractivity (Wildman–Crippen MR) is 110 cm³/mol. The Kier molecular flexibility index (Phi) is 5.12. The largest absolute Gasteiger partial charge is 0.446 e. The van der Waals surface area contributed by atoms with Crippen LogP contribution in [-0.2, 0) is 20.5 Å². The van der Waals surface area contributed by atoms with Crippen molar-refractivity contribution in [1.29, 1.82) is 0 Å². The number of alkyl carbamates (subject to hydrolysis) is 1. The number of anilines is 3. The van der Waals surface area contributed by atoms with Crippen LogP contribution in [0.4, 0.5) is 22.0 Å². The van der Waals surface area contributed by atoms with Crippen molar-refractivity contribution in [3.63, 3.8) is 0 Å². The standard InChI is InChI=1S/C19H25N5O4S/c1-11(2)20-19(25)28-15-5-3-12(8-15)17-9-18(23-22-17)21-14-4-6-16-13(7-14)10-29(26,27)24-16/h4,6-7,9,11-12,15,24H,3,5,8,10H2,1-2H3,(H,20,25)(H2,21,22,23)/t12-,15?/m0/s1. The molecule has 10 heteroatoms. The smallest absolute Gasteiger partial charge is 0.407 e. The molecule has 1 aliphatic carbocycles. The number of nitrogens with one attached hydrogen (secondary N) is 4. The zero-order chi connectivity index (χ0) is 20.6. The summed E-state index contributed by atoms with van der Waals surface area (Å²) in [4.78, 5) is 11.8. The van der Waals surface area contributed by atoms with Crippen molar-refractivity contribution in [2.75, 3.05) is 10.0 Å². The van der Waals surface area contributed by atoms with E-state index >= 15 is 0 Å². The molecule has 1 saturated carbocycles. The average Bonchev–Trinajstić information content (AvgIpc) is 3.31. The monoisotopic (exact) mass is 419 g/mol. The highest BCUT2D eigenvalue weighted by Gasteiger charge is 2.30. The fraction of sp³-hybridized carbons (Fsp3) is 0.474. The molecule has 1 aromatic carbocycles. The van der Waals surface area contributed by atoms with E-state index in [4.69, 9.17) is 4.74 Å². The van der Waals surface area contributed by atoms with E-state index < -0.39 is 10.0 Å². The number of H-pyrrole nitrogens is 1. The van der Waals surface area contributed by atoms with E-state index in [9.17, 15) is 13.2 Å². The van der Waals surface area contributed by atoms with Crippen molar-refractivity contribution < 1.29 is 17.9 Å². The molecule has 2 aromatic rings. The summed E-state index contributed by atoms with van der Waals surface area (Å²) in [5, 5.41) is 13.3. The van der Waals surface area contributed by atoms with Crippen LogP contribution in [0, 0.1) is 0 Å². The van der Waals surface area contributed by atoms with Crippen LogP contribution in [0.1, 0.15) is 50.3 Å². The SMILES string of the molecule is CC(C)NC(=O)OC1CC[C@H](c2cc(Nc3ccc4c(c3)CS(=O)(=O)N4)n[nH]2)C1. The highest BCUT2D eigenvalue weighted by atomic mass is 32.2.